The maximum Gasteiger partial charge on any atom is 0.137 e. The summed E-state index contributed by atoms with van der Waals surface area (Å²) in [5.74, 6) is 0.912. The zero-order valence-corrected chi connectivity index (χ0v) is 16.3. The lowest BCUT2D eigenvalue weighted by atomic mass is 9.98. The van der Waals surface area contributed by atoms with E-state index in [2.05, 4.69) is 47.9 Å². The molecular weight excluding hydrogens is 340 g/mol. The summed E-state index contributed by atoms with van der Waals surface area (Å²) in [6.45, 7) is 8.66. The number of aryl methyl sites for hydroxylation is 2. The summed E-state index contributed by atoms with van der Waals surface area (Å²) in [4.78, 5) is 6.32. The van der Waals surface area contributed by atoms with Crippen molar-refractivity contribution >= 4 is 0 Å². The van der Waals surface area contributed by atoms with Crippen LogP contribution >= 0.6 is 0 Å². The molecule has 3 rings (SSSR count). The maximum atomic E-state index is 9.85. The highest BCUT2D eigenvalue weighted by atomic mass is 16.3. The van der Waals surface area contributed by atoms with Gasteiger partial charge in [0.15, 0.2) is 0 Å². The molecule has 0 fully saturated rings. The molecule has 0 aliphatic carbocycles. The van der Waals surface area contributed by atoms with E-state index < -0.39 is 0 Å². The summed E-state index contributed by atoms with van der Waals surface area (Å²) in [5.41, 5.74) is 5.00. The molecule has 0 aliphatic rings. The van der Waals surface area contributed by atoms with Gasteiger partial charge in [0.25, 0.3) is 0 Å². The van der Waals surface area contributed by atoms with E-state index in [1.807, 2.05) is 16.8 Å². The zero-order valence-electron chi connectivity index (χ0n) is 16.3. The van der Waals surface area contributed by atoms with Crippen LogP contribution in [0.1, 0.15) is 41.4 Å². The van der Waals surface area contributed by atoms with Crippen molar-refractivity contribution in [3.8, 4) is 0 Å². The third kappa shape index (κ3) is 4.84. The molecule has 0 radical (unpaired) electrons. The van der Waals surface area contributed by atoms with Gasteiger partial charge in [-0.25, -0.2) is 9.67 Å². The van der Waals surface area contributed by atoms with Gasteiger partial charge in [0.1, 0.15) is 18.4 Å². The van der Waals surface area contributed by atoms with Crippen LogP contribution in [0.3, 0.4) is 0 Å². The second kappa shape index (κ2) is 8.97. The molecule has 0 unspecified atom stereocenters. The number of furan rings is 1. The number of nitrogens with zero attached hydrogens (tertiary/aromatic N) is 4. The second-order valence-electron chi connectivity index (χ2n) is 7.03. The summed E-state index contributed by atoms with van der Waals surface area (Å²) in [6.07, 6.45) is 5.87. The van der Waals surface area contributed by atoms with Crippen LogP contribution < -0.4 is 0 Å². The summed E-state index contributed by atoms with van der Waals surface area (Å²) in [7, 11) is 0. The number of aliphatic hydroxyl groups excluding tert-OH is 1. The highest BCUT2D eigenvalue weighted by Gasteiger charge is 2.19. The van der Waals surface area contributed by atoms with Crippen LogP contribution in [-0.2, 0) is 19.6 Å². The lowest BCUT2D eigenvalue weighted by Gasteiger charge is -2.30. The smallest absolute Gasteiger partial charge is 0.137 e. The summed E-state index contributed by atoms with van der Waals surface area (Å²) >= 11 is 0. The highest BCUT2D eigenvalue weighted by molar-refractivity contribution is 5.37. The molecule has 3 aromatic rings. The number of hydrogen-bond acceptors (Lipinski definition) is 5. The fourth-order valence-corrected chi connectivity index (χ4v) is 3.42. The standard InChI is InChI=1S/C21H28N4O2/c1-4-20(13-26)24(12-21-6-5-7-27-21)10-18-9-19(17(3)8-16(18)2)11-25-15-22-14-23-25/h5-9,14-15,20,26H,4,10-13H2,1-3H3/t20-/m0/s1. The van der Waals surface area contributed by atoms with Crippen LogP contribution in [0.25, 0.3) is 0 Å². The van der Waals surface area contributed by atoms with Crippen LogP contribution in [0.5, 0.6) is 0 Å². The minimum atomic E-state index is 0.0922. The van der Waals surface area contributed by atoms with Gasteiger partial charge < -0.3 is 9.52 Å². The fourth-order valence-electron chi connectivity index (χ4n) is 3.42. The van der Waals surface area contributed by atoms with E-state index in [0.717, 1.165) is 18.7 Å². The van der Waals surface area contributed by atoms with Crippen molar-refractivity contribution in [1.82, 2.24) is 19.7 Å². The van der Waals surface area contributed by atoms with Gasteiger partial charge in [-0.3, -0.25) is 4.90 Å². The molecule has 6 nitrogen and oxygen atoms in total. The van der Waals surface area contributed by atoms with E-state index in [1.165, 1.54) is 22.3 Å². The van der Waals surface area contributed by atoms with Crippen molar-refractivity contribution < 1.29 is 9.52 Å². The van der Waals surface area contributed by atoms with Gasteiger partial charge in [-0.05, 0) is 54.7 Å². The lowest BCUT2D eigenvalue weighted by molar-refractivity contribution is 0.0997. The van der Waals surface area contributed by atoms with Gasteiger partial charge in [-0.15, -0.1) is 0 Å². The molecule has 1 N–H and O–H groups in total. The van der Waals surface area contributed by atoms with Crippen LogP contribution in [0.2, 0.25) is 0 Å². The largest absolute Gasteiger partial charge is 0.468 e. The molecule has 0 amide bonds. The van der Waals surface area contributed by atoms with E-state index in [0.29, 0.717) is 13.1 Å². The Bertz CT molecular complexity index is 824. The predicted molar refractivity (Wildman–Crippen MR) is 104 cm³/mol. The molecular formula is C21H28N4O2. The van der Waals surface area contributed by atoms with E-state index in [4.69, 9.17) is 4.42 Å². The maximum absolute atomic E-state index is 9.85. The molecule has 2 aromatic heterocycles. The molecule has 0 spiro atoms. The number of benzene rings is 1. The Morgan fingerprint density at radius 1 is 1.19 bits per heavy atom. The van der Waals surface area contributed by atoms with Crippen LogP contribution in [-0.4, -0.2) is 37.4 Å². The third-order valence-corrected chi connectivity index (χ3v) is 5.10. The lowest BCUT2D eigenvalue weighted by Crippen LogP contribution is -2.36. The topological polar surface area (TPSA) is 67.3 Å². The molecule has 0 aliphatic heterocycles. The Labute approximate surface area is 160 Å². The highest BCUT2D eigenvalue weighted by Crippen LogP contribution is 2.22. The quantitative estimate of drug-likeness (QED) is 0.628. The molecule has 0 bridgehead atoms. The van der Waals surface area contributed by atoms with Gasteiger partial charge in [0.05, 0.1) is 26.0 Å². The molecule has 6 heteroatoms. The first-order chi connectivity index (χ1) is 13.1. The first-order valence-electron chi connectivity index (χ1n) is 9.39. The second-order valence-corrected chi connectivity index (χ2v) is 7.03. The Hall–Kier alpha value is -2.44. The normalized spacial score (nSPS) is 12.6. The molecule has 27 heavy (non-hydrogen) atoms. The summed E-state index contributed by atoms with van der Waals surface area (Å²) in [6, 6.07) is 8.46. The minimum absolute atomic E-state index is 0.0922. The zero-order chi connectivity index (χ0) is 19.2. The fraction of sp³-hybridized carbons (Fsp3) is 0.429. The van der Waals surface area contributed by atoms with Gasteiger partial charge in [-0.2, -0.15) is 5.10 Å². The number of hydrogen-bond donors (Lipinski definition) is 1. The van der Waals surface area contributed by atoms with Crippen LogP contribution in [0.15, 0.2) is 47.6 Å². The summed E-state index contributed by atoms with van der Waals surface area (Å²) < 4.78 is 7.38. The first kappa shape index (κ1) is 19.3. The third-order valence-electron chi connectivity index (χ3n) is 5.10. The SMILES string of the molecule is CC[C@@H](CO)N(Cc1ccco1)Cc1cc(Cn2cncn2)c(C)cc1C. The minimum Gasteiger partial charge on any atom is -0.468 e. The molecule has 1 aromatic carbocycles. The van der Waals surface area contributed by atoms with Crippen molar-refractivity contribution in [1.29, 1.82) is 0 Å². The van der Waals surface area contributed by atoms with E-state index in [-0.39, 0.29) is 12.6 Å². The van der Waals surface area contributed by atoms with Crippen molar-refractivity contribution in [3.63, 3.8) is 0 Å². The Morgan fingerprint density at radius 3 is 2.63 bits per heavy atom. The predicted octanol–water partition coefficient (Wildman–Crippen LogP) is 3.31. The average molecular weight is 368 g/mol. The van der Waals surface area contributed by atoms with Gasteiger partial charge in [0, 0.05) is 12.6 Å². The van der Waals surface area contributed by atoms with Crippen LogP contribution in [0, 0.1) is 13.8 Å². The molecule has 0 saturated heterocycles. The molecule has 144 valence electrons. The van der Waals surface area contributed by atoms with E-state index >= 15 is 0 Å². The van der Waals surface area contributed by atoms with Gasteiger partial charge >= 0.3 is 0 Å². The average Bonchev–Trinajstić information content (AvgIpc) is 3.34. The molecule has 2 heterocycles. The summed E-state index contributed by atoms with van der Waals surface area (Å²) in [5, 5.41) is 14.1. The van der Waals surface area contributed by atoms with E-state index in [9.17, 15) is 5.11 Å². The van der Waals surface area contributed by atoms with Gasteiger partial charge in [0.2, 0.25) is 0 Å². The van der Waals surface area contributed by atoms with Gasteiger partial charge in [-0.1, -0.05) is 19.1 Å². The van der Waals surface area contributed by atoms with Crippen molar-refractivity contribution in [2.45, 2.75) is 52.9 Å². The first-order valence-corrected chi connectivity index (χ1v) is 9.39. The monoisotopic (exact) mass is 368 g/mol. The Morgan fingerprint density at radius 2 is 2.00 bits per heavy atom. The van der Waals surface area contributed by atoms with Crippen molar-refractivity contribution in [2.24, 2.45) is 0 Å². The number of aromatic nitrogens is 3. The van der Waals surface area contributed by atoms with Crippen LogP contribution in [0.4, 0.5) is 0 Å². The van der Waals surface area contributed by atoms with Crippen molar-refractivity contribution in [3.05, 3.63) is 71.2 Å². The van der Waals surface area contributed by atoms with E-state index in [1.54, 1.807) is 18.9 Å². The number of rotatable bonds is 9. The Balaban J connectivity index is 1.85. The van der Waals surface area contributed by atoms with Crippen molar-refractivity contribution in [2.75, 3.05) is 6.61 Å². The Kier molecular flexibility index (Phi) is 6.42. The molecule has 0 saturated carbocycles. The number of aliphatic hydroxyl groups is 1. The molecule has 1 atom stereocenters.